The molecule has 4 rings (SSSR count). The van der Waals surface area contributed by atoms with E-state index in [-0.39, 0.29) is 23.5 Å². The number of fused-ring (bicyclic) bond motifs is 3. The summed E-state index contributed by atoms with van der Waals surface area (Å²) < 4.78 is 9.05. The lowest BCUT2D eigenvalue weighted by molar-refractivity contribution is 0.0970. The van der Waals surface area contributed by atoms with Crippen molar-refractivity contribution in [3.8, 4) is 0 Å². The van der Waals surface area contributed by atoms with Crippen LogP contribution in [-0.2, 0) is 13.1 Å². The number of carbonyl (C=O) groups is 1. The molecule has 0 radical (unpaired) electrons. The van der Waals surface area contributed by atoms with E-state index in [1.165, 1.54) is 10.9 Å². The molecule has 0 aliphatic heterocycles. The summed E-state index contributed by atoms with van der Waals surface area (Å²) in [6, 6.07) is 9.25. The molecule has 132 valence electrons. The van der Waals surface area contributed by atoms with Gasteiger partial charge in [0.05, 0.1) is 12.9 Å². The molecule has 0 fully saturated rings. The lowest BCUT2D eigenvalue weighted by Crippen LogP contribution is -2.24. The van der Waals surface area contributed by atoms with Crippen molar-refractivity contribution in [3.63, 3.8) is 0 Å². The first-order chi connectivity index (χ1) is 12.5. The zero-order chi connectivity index (χ0) is 18.4. The minimum absolute atomic E-state index is 0.0627. The Morgan fingerprint density at radius 2 is 2.00 bits per heavy atom. The fraction of sp³-hybridized carbons (Fsp3) is 0.250. The number of aromatic nitrogens is 3. The molecule has 1 aromatic carbocycles. The van der Waals surface area contributed by atoms with E-state index < -0.39 is 0 Å². The summed E-state index contributed by atoms with van der Waals surface area (Å²) in [7, 11) is 0. The van der Waals surface area contributed by atoms with Crippen LogP contribution in [0.5, 0.6) is 0 Å². The first-order valence-electron chi connectivity index (χ1n) is 8.58. The van der Waals surface area contributed by atoms with E-state index in [9.17, 15) is 9.59 Å². The Labute approximate surface area is 149 Å². The van der Waals surface area contributed by atoms with Gasteiger partial charge in [-0.2, -0.15) is 0 Å². The van der Waals surface area contributed by atoms with E-state index >= 15 is 0 Å². The second kappa shape index (κ2) is 5.98. The molecule has 6 heteroatoms. The predicted molar refractivity (Wildman–Crippen MR) is 99.7 cm³/mol. The Balaban J connectivity index is 1.76. The van der Waals surface area contributed by atoms with Crippen LogP contribution in [0.15, 0.2) is 45.9 Å². The molecule has 3 aromatic heterocycles. The van der Waals surface area contributed by atoms with E-state index in [4.69, 9.17) is 4.42 Å². The van der Waals surface area contributed by atoms with Gasteiger partial charge in [0.25, 0.3) is 5.56 Å². The first kappa shape index (κ1) is 16.3. The van der Waals surface area contributed by atoms with Crippen molar-refractivity contribution in [1.82, 2.24) is 14.1 Å². The summed E-state index contributed by atoms with van der Waals surface area (Å²) in [5.41, 5.74) is 3.57. The largest absolute Gasteiger partial charge is 0.448 e. The van der Waals surface area contributed by atoms with E-state index in [0.717, 1.165) is 23.3 Å². The zero-order valence-corrected chi connectivity index (χ0v) is 14.9. The summed E-state index contributed by atoms with van der Waals surface area (Å²) >= 11 is 0. The van der Waals surface area contributed by atoms with Gasteiger partial charge < -0.3 is 8.98 Å². The highest BCUT2D eigenvalue weighted by Gasteiger charge is 2.18. The molecule has 0 unspecified atom stereocenters. The van der Waals surface area contributed by atoms with E-state index in [0.29, 0.717) is 16.7 Å². The number of nitrogens with zero attached hydrogens (tertiary/aromatic N) is 3. The molecule has 0 N–H and O–H groups in total. The lowest BCUT2D eigenvalue weighted by atomic mass is 10.1. The minimum Gasteiger partial charge on any atom is -0.448 e. The van der Waals surface area contributed by atoms with Gasteiger partial charge in [-0.25, -0.2) is 4.98 Å². The molecule has 0 saturated carbocycles. The number of ketones is 1. The molecule has 0 atom stereocenters. The van der Waals surface area contributed by atoms with Crippen molar-refractivity contribution in [2.75, 3.05) is 0 Å². The molecule has 3 heterocycles. The fourth-order valence-corrected chi connectivity index (χ4v) is 3.54. The van der Waals surface area contributed by atoms with Crippen LogP contribution in [0.25, 0.3) is 22.1 Å². The number of benzene rings is 1. The third-order valence-electron chi connectivity index (χ3n) is 4.85. The van der Waals surface area contributed by atoms with Crippen LogP contribution in [0, 0.1) is 13.8 Å². The number of aryl methyl sites for hydroxylation is 1. The number of hydrogen-bond acceptors (Lipinski definition) is 4. The van der Waals surface area contributed by atoms with Crippen LogP contribution >= 0.6 is 0 Å². The van der Waals surface area contributed by atoms with Crippen molar-refractivity contribution in [3.05, 3.63) is 64.0 Å². The number of rotatable bonds is 4. The van der Waals surface area contributed by atoms with E-state index in [2.05, 4.69) is 9.55 Å². The third-order valence-corrected chi connectivity index (χ3v) is 4.85. The van der Waals surface area contributed by atoms with Gasteiger partial charge in [-0.05, 0) is 39.0 Å². The van der Waals surface area contributed by atoms with Gasteiger partial charge in [-0.1, -0.05) is 12.1 Å². The van der Waals surface area contributed by atoms with Gasteiger partial charge in [0.2, 0.25) is 5.58 Å². The molecular weight excluding hydrogens is 330 g/mol. The highest BCUT2D eigenvalue weighted by atomic mass is 16.3. The standard InChI is InChI=1S/C20H19N3O3/c1-4-23-12(2)9-15(13(23)3)16(24)10-22-11-21-18-14-7-5-6-8-17(14)26-19(18)20(22)25/h5-9,11H,4,10H2,1-3H3. The van der Waals surface area contributed by atoms with Crippen molar-refractivity contribution < 1.29 is 9.21 Å². The van der Waals surface area contributed by atoms with E-state index in [1.807, 2.05) is 45.0 Å². The maximum Gasteiger partial charge on any atom is 0.297 e. The number of Topliss-reactive ketones (excluding diaryl/α,β-unsaturated/α-hetero) is 1. The Morgan fingerprint density at radius 1 is 1.23 bits per heavy atom. The van der Waals surface area contributed by atoms with Crippen LogP contribution in [0.4, 0.5) is 0 Å². The predicted octanol–water partition coefficient (Wildman–Crippen LogP) is 3.46. The number of furan rings is 1. The fourth-order valence-electron chi connectivity index (χ4n) is 3.54. The van der Waals surface area contributed by atoms with Crippen LogP contribution in [0.3, 0.4) is 0 Å². The normalized spacial score (nSPS) is 11.5. The minimum atomic E-state index is -0.344. The van der Waals surface area contributed by atoms with Gasteiger partial charge >= 0.3 is 0 Å². The van der Waals surface area contributed by atoms with Crippen LogP contribution in [0.1, 0.15) is 28.7 Å². The van der Waals surface area contributed by atoms with Crippen LogP contribution in [-0.4, -0.2) is 19.9 Å². The first-order valence-corrected chi connectivity index (χ1v) is 8.58. The molecular formula is C20H19N3O3. The summed E-state index contributed by atoms with van der Waals surface area (Å²) in [6.45, 7) is 6.68. The number of hydrogen-bond donors (Lipinski definition) is 0. The maximum absolute atomic E-state index is 12.7. The molecule has 6 nitrogen and oxygen atoms in total. The summed E-state index contributed by atoms with van der Waals surface area (Å²) in [4.78, 5) is 29.8. The van der Waals surface area contributed by atoms with Gasteiger partial charge in [0.1, 0.15) is 11.1 Å². The topological polar surface area (TPSA) is 70.0 Å². The van der Waals surface area contributed by atoms with Crippen molar-refractivity contribution in [1.29, 1.82) is 0 Å². The molecule has 0 spiro atoms. The van der Waals surface area contributed by atoms with Crippen molar-refractivity contribution >= 4 is 27.9 Å². The lowest BCUT2D eigenvalue weighted by Gasteiger charge is -2.06. The second-order valence-corrected chi connectivity index (χ2v) is 6.41. The van der Waals surface area contributed by atoms with Gasteiger partial charge in [0.15, 0.2) is 5.78 Å². The van der Waals surface area contributed by atoms with Crippen LogP contribution in [0.2, 0.25) is 0 Å². The molecule has 0 aliphatic carbocycles. The maximum atomic E-state index is 12.7. The summed E-state index contributed by atoms with van der Waals surface area (Å²) in [6.07, 6.45) is 1.42. The number of carbonyl (C=O) groups excluding carboxylic acids is 1. The highest BCUT2D eigenvalue weighted by Crippen LogP contribution is 2.24. The Kier molecular flexibility index (Phi) is 3.76. The molecule has 26 heavy (non-hydrogen) atoms. The molecule has 0 aliphatic rings. The van der Waals surface area contributed by atoms with Crippen molar-refractivity contribution in [2.45, 2.75) is 33.9 Å². The molecule has 0 bridgehead atoms. The van der Waals surface area contributed by atoms with E-state index in [1.54, 1.807) is 6.07 Å². The molecule has 4 aromatic rings. The average Bonchev–Trinajstić information content (AvgIpc) is 3.15. The molecule has 0 saturated heterocycles. The Morgan fingerprint density at radius 3 is 2.73 bits per heavy atom. The van der Waals surface area contributed by atoms with Crippen molar-refractivity contribution in [2.24, 2.45) is 0 Å². The third kappa shape index (κ3) is 2.37. The quantitative estimate of drug-likeness (QED) is 0.529. The monoisotopic (exact) mass is 349 g/mol. The molecule has 0 amide bonds. The summed E-state index contributed by atoms with van der Waals surface area (Å²) in [5.74, 6) is -0.114. The van der Waals surface area contributed by atoms with Gasteiger partial charge in [-0.3, -0.25) is 14.2 Å². The van der Waals surface area contributed by atoms with Gasteiger partial charge in [0, 0.05) is 28.9 Å². The average molecular weight is 349 g/mol. The SMILES string of the molecule is CCn1c(C)cc(C(=O)Cn2cnc3c(oc4ccccc43)c2=O)c1C. The smallest absolute Gasteiger partial charge is 0.297 e. The summed E-state index contributed by atoms with van der Waals surface area (Å²) in [5, 5.41) is 0.796. The zero-order valence-electron chi connectivity index (χ0n) is 14.9. The number of para-hydroxylation sites is 1. The Bertz CT molecular complexity index is 1210. The Hall–Kier alpha value is -3.15. The van der Waals surface area contributed by atoms with Gasteiger partial charge in [-0.15, -0.1) is 0 Å². The van der Waals surface area contributed by atoms with Crippen LogP contribution < -0.4 is 5.56 Å². The second-order valence-electron chi connectivity index (χ2n) is 6.41. The highest BCUT2D eigenvalue weighted by molar-refractivity contribution is 6.02.